The number of nitrogens with zero attached hydrogens (tertiary/aromatic N) is 1. The summed E-state index contributed by atoms with van der Waals surface area (Å²) in [6.07, 6.45) is 2.14. The maximum absolute atomic E-state index is 12.6. The SMILES string of the molecule is CC(C)(Cc1ncc(-c2ccc(NC(=O)c3ccc(-c4ccccc4)cc3)cc2)s1)C(=O)O. The van der Waals surface area contributed by atoms with Gasteiger partial charge in [-0.1, -0.05) is 54.6 Å². The van der Waals surface area contributed by atoms with Gasteiger partial charge in [0.1, 0.15) is 0 Å². The number of rotatable bonds is 7. The second-order valence-electron chi connectivity index (χ2n) is 8.46. The summed E-state index contributed by atoms with van der Waals surface area (Å²) in [5.74, 6) is -1.01. The average Bonchev–Trinajstić information content (AvgIpc) is 3.28. The molecule has 0 saturated carbocycles. The Morgan fingerprint density at radius 2 is 1.48 bits per heavy atom. The Hall–Kier alpha value is -3.77. The number of aliphatic carboxylic acids is 1. The monoisotopic (exact) mass is 456 g/mol. The van der Waals surface area contributed by atoms with Gasteiger partial charge in [0, 0.05) is 23.9 Å². The average molecular weight is 457 g/mol. The summed E-state index contributed by atoms with van der Waals surface area (Å²) in [6.45, 7) is 3.40. The molecule has 6 heteroatoms. The van der Waals surface area contributed by atoms with Gasteiger partial charge in [-0.3, -0.25) is 9.59 Å². The highest BCUT2D eigenvalue weighted by molar-refractivity contribution is 7.15. The number of carbonyl (C=O) groups is 2. The Labute approximate surface area is 196 Å². The van der Waals surface area contributed by atoms with Gasteiger partial charge in [-0.25, -0.2) is 4.98 Å². The molecule has 1 aromatic heterocycles. The van der Waals surface area contributed by atoms with Crippen molar-refractivity contribution in [2.45, 2.75) is 20.3 Å². The van der Waals surface area contributed by atoms with Gasteiger partial charge in [-0.2, -0.15) is 0 Å². The Bertz CT molecular complexity index is 1260. The predicted molar refractivity (Wildman–Crippen MR) is 133 cm³/mol. The number of carbonyl (C=O) groups excluding carboxylic acids is 1. The second kappa shape index (κ2) is 9.38. The van der Waals surface area contributed by atoms with Crippen molar-refractivity contribution < 1.29 is 14.7 Å². The molecule has 0 aliphatic rings. The van der Waals surface area contributed by atoms with Crippen LogP contribution >= 0.6 is 11.3 Å². The van der Waals surface area contributed by atoms with E-state index in [2.05, 4.69) is 10.3 Å². The molecule has 0 saturated heterocycles. The molecular formula is C27H24N2O3S. The van der Waals surface area contributed by atoms with Crippen LogP contribution in [0.25, 0.3) is 21.6 Å². The Morgan fingerprint density at radius 1 is 0.879 bits per heavy atom. The van der Waals surface area contributed by atoms with E-state index in [1.807, 2.05) is 78.9 Å². The largest absolute Gasteiger partial charge is 0.481 e. The molecule has 5 nitrogen and oxygen atoms in total. The standard InChI is InChI=1S/C27H24N2O3S/c1-27(2,26(31)32)16-24-28-17-23(33-24)20-12-14-22(15-13-20)29-25(30)21-10-8-19(9-11-21)18-6-4-3-5-7-18/h3-15,17H,16H2,1-2H3,(H,29,30)(H,31,32). The summed E-state index contributed by atoms with van der Waals surface area (Å²) in [5.41, 5.74) is 3.57. The smallest absolute Gasteiger partial charge is 0.309 e. The van der Waals surface area contributed by atoms with Crippen LogP contribution in [0.1, 0.15) is 29.2 Å². The van der Waals surface area contributed by atoms with Gasteiger partial charge in [0.25, 0.3) is 5.91 Å². The number of benzene rings is 3. The lowest BCUT2D eigenvalue weighted by molar-refractivity contribution is -0.146. The minimum atomic E-state index is -0.859. The fourth-order valence-corrected chi connectivity index (χ4v) is 4.50. The van der Waals surface area contributed by atoms with Crippen molar-refractivity contribution in [3.05, 3.63) is 95.6 Å². The van der Waals surface area contributed by atoms with E-state index in [0.29, 0.717) is 17.7 Å². The highest BCUT2D eigenvalue weighted by atomic mass is 32.1. The van der Waals surface area contributed by atoms with Gasteiger partial charge in [-0.05, 0) is 54.8 Å². The molecule has 0 aliphatic heterocycles. The number of amides is 1. The molecule has 166 valence electrons. The number of thiazole rings is 1. The highest BCUT2D eigenvalue weighted by Crippen LogP contribution is 2.31. The summed E-state index contributed by atoms with van der Waals surface area (Å²) >= 11 is 1.48. The first-order chi connectivity index (χ1) is 15.8. The Morgan fingerprint density at radius 3 is 2.12 bits per heavy atom. The number of hydrogen-bond acceptors (Lipinski definition) is 4. The van der Waals surface area contributed by atoms with Gasteiger partial charge in [-0.15, -0.1) is 11.3 Å². The maximum atomic E-state index is 12.6. The van der Waals surface area contributed by atoms with E-state index >= 15 is 0 Å². The van der Waals surface area contributed by atoms with Crippen molar-refractivity contribution in [3.63, 3.8) is 0 Å². The number of hydrogen-bond donors (Lipinski definition) is 2. The van der Waals surface area contributed by atoms with Crippen LogP contribution in [0.4, 0.5) is 5.69 Å². The van der Waals surface area contributed by atoms with Crippen LogP contribution in [0.2, 0.25) is 0 Å². The third kappa shape index (κ3) is 5.35. The molecule has 3 aromatic carbocycles. The Balaban J connectivity index is 1.41. The van der Waals surface area contributed by atoms with E-state index in [1.165, 1.54) is 11.3 Å². The summed E-state index contributed by atoms with van der Waals surface area (Å²) in [4.78, 5) is 29.3. The summed E-state index contributed by atoms with van der Waals surface area (Å²) in [6, 6.07) is 25.1. The molecule has 33 heavy (non-hydrogen) atoms. The van der Waals surface area contributed by atoms with Gasteiger partial charge in [0.05, 0.1) is 15.3 Å². The zero-order valence-corrected chi connectivity index (χ0v) is 19.2. The first kappa shape index (κ1) is 22.4. The zero-order chi connectivity index (χ0) is 23.4. The molecule has 0 spiro atoms. The van der Waals surface area contributed by atoms with Crippen molar-refractivity contribution >= 4 is 28.9 Å². The van der Waals surface area contributed by atoms with Crippen molar-refractivity contribution in [1.29, 1.82) is 0 Å². The third-order valence-electron chi connectivity index (χ3n) is 5.41. The molecule has 1 heterocycles. The highest BCUT2D eigenvalue weighted by Gasteiger charge is 2.28. The molecule has 0 unspecified atom stereocenters. The van der Waals surface area contributed by atoms with Crippen LogP contribution in [-0.4, -0.2) is 22.0 Å². The van der Waals surface area contributed by atoms with E-state index in [1.54, 1.807) is 20.0 Å². The minimum Gasteiger partial charge on any atom is -0.481 e. The van der Waals surface area contributed by atoms with Gasteiger partial charge in [0.15, 0.2) is 0 Å². The summed E-state index contributed by atoms with van der Waals surface area (Å²) in [7, 11) is 0. The van der Waals surface area contributed by atoms with E-state index < -0.39 is 11.4 Å². The normalized spacial score (nSPS) is 11.2. The predicted octanol–water partition coefficient (Wildman–Crippen LogP) is 6.38. The second-order valence-corrected chi connectivity index (χ2v) is 9.57. The molecule has 0 bridgehead atoms. The van der Waals surface area contributed by atoms with Gasteiger partial charge < -0.3 is 10.4 Å². The molecule has 0 radical (unpaired) electrons. The topological polar surface area (TPSA) is 79.3 Å². The molecule has 0 fully saturated rings. The van der Waals surface area contributed by atoms with E-state index in [0.717, 1.165) is 26.6 Å². The summed E-state index contributed by atoms with van der Waals surface area (Å²) < 4.78 is 0. The molecule has 0 aliphatic carbocycles. The lowest BCUT2D eigenvalue weighted by Crippen LogP contribution is -2.26. The minimum absolute atomic E-state index is 0.168. The van der Waals surface area contributed by atoms with Crippen molar-refractivity contribution in [2.75, 3.05) is 5.32 Å². The van der Waals surface area contributed by atoms with E-state index in [4.69, 9.17) is 0 Å². The van der Waals surface area contributed by atoms with Gasteiger partial charge >= 0.3 is 5.97 Å². The zero-order valence-electron chi connectivity index (χ0n) is 18.4. The van der Waals surface area contributed by atoms with Crippen LogP contribution in [0.15, 0.2) is 85.1 Å². The number of carboxylic acids is 1. The number of aromatic nitrogens is 1. The summed E-state index contributed by atoms with van der Waals surface area (Å²) in [5, 5.41) is 13.0. The fraction of sp³-hybridized carbons (Fsp3) is 0.148. The lowest BCUT2D eigenvalue weighted by Gasteiger charge is -2.16. The maximum Gasteiger partial charge on any atom is 0.309 e. The van der Waals surface area contributed by atoms with Crippen LogP contribution in [0.3, 0.4) is 0 Å². The van der Waals surface area contributed by atoms with Gasteiger partial charge in [0.2, 0.25) is 0 Å². The van der Waals surface area contributed by atoms with Crippen molar-refractivity contribution in [3.8, 4) is 21.6 Å². The number of carboxylic acid groups (broad SMARTS) is 1. The van der Waals surface area contributed by atoms with Crippen LogP contribution in [-0.2, 0) is 11.2 Å². The molecule has 4 rings (SSSR count). The molecule has 0 atom stereocenters. The molecule has 4 aromatic rings. The molecule has 1 amide bonds. The van der Waals surface area contributed by atoms with Crippen molar-refractivity contribution in [2.24, 2.45) is 5.41 Å². The third-order valence-corrected chi connectivity index (χ3v) is 6.45. The van der Waals surface area contributed by atoms with E-state index in [9.17, 15) is 14.7 Å². The van der Waals surface area contributed by atoms with Crippen LogP contribution in [0, 0.1) is 5.41 Å². The first-order valence-electron chi connectivity index (χ1n) is 10.6. The quantitative estimate of drug-likeness (QED) is 0.338. The van der Waals surface area contributed by atoms with Crippen LogP contribution < -0.4 is 5.32 Å². The number of nitrogens with one attached hydrogen (secondary N) is 1. The Kier molecular flexibility index (Phi) is 6.38. The molecule has 2 N–H and O–H groups in total. The van der Waals surface area contributed by atoms with E-state index in [-0.39, 0.29) is 5.91 Å². The fourth-order valence-electron chi connectivity index (χ4n) is 3.34. The first-order valence-corrected chi connectivity index (χ1v) is 11.4. The number of anilines is 1. The molecular weight excluding hydrogens is 432 g/mol. The van der Waals surface area contributed by atoms with Crippen molar-refractivity contribution in [1.82, 2.24) is 4.98 Å². The van der Waals surface area contributed by atoms with Crippen LogP contribution in [0.5, 0.6) is 0 Å². The lowest BCUT2D eigenvalue weighted by atomic mass is 9.90.